The first-order chi connectivity index (χ1) is 10.2. The molecule has 4 heteroatoms. The summed E-state index contributed by atoms with van der Waals surface area (Å²) in [7, 11) is 0. The Hall–Kier alpha value is -1.39. The number of para-hydroxylation sites is 2. The number of imidazole rings is 1. The van der Waals surface area contributed by atoms with E-state index in [1.807, 2.05) is 18.2 Å². The monoisotopic (exact) mass is 289 g/mol. The number of aliphatic hydroxyl groups is 1. The molecule has 0 amide bonds. The van der Waals surface area contributed by atoms with E-state index in [0.717, 1.165) is 42.8 Å². The lowest BCUT2D eigenvalue weighted by molar-refractivity contribution is 0.103. The third-order valence-electron chi connectivity index (χ3n) is 3.96. The van der Waals surface area contributed by atoms with E-state index in [4.69, 9.17) is 4.98 Å². The smallest absolute Gasteiger partial charge is 0.109 e. The average Bonchev–Trinajstić information content (AvgIpc) is 2.83. The molecule has 0 saturated carbocycles. The van der Waals surface area contributed by atoms with Gasteiger partial charge >= 0.3 is 0 Å². The summed E-state index contributed by atoms with van der Waals surface area (Å²) >= 11 is 0. The Balaban J connectivity index is 2.21. The van der Waals surface area contributed by atoms with Crippen molar-refractivity contribution in [3.63, 3.8) is 0 Å². The van der Waals surface area contributed by atoms with E-state index in [1.165, 1.54) is 0 Å². The van der Waals surface area contributed by atoms with Crippen LogP contribution in [0.1, 0.15) is 33.0 Å². The molecule has 1 atom stereocenters. The fourth-order valence-electron chi connectivity index (χ4n) is 2.79. The predicted molar refractivity (Wildman–Crippen MR) is 87.5 cm³/mol. The lowest BCUT2D eigenvalue weighted by Crippen LogP contribution is -2.34. The molecule has 1 heterocycles. The minimum Gasteiger partial charge on any atom is -0.390 e. The number of hydrogen-bond acceptors (Lipinski definition) is 3. The topological polar surface area (TPSA) is 41.3 Å². The maximum Gasteiger partial charge on any atom is 0.109 e. The van der Waals surface area contributed by atoms with Crippen LogP contribution in [-0.4, -0.2) is 45.3 Å². The SMILES string of the molecule is CCCc1nc2ccccc2n1CC(O)CN(CC)CC. The van der Waals surface area contributed by atoms with Crippen molar-refractivity contribution in [2.45, 2.75) is 46.3 Å². The number of nitrogens with zero attached hydrogens (tertiary/aromatic N) is 3. The fraction of sp³-hybridized carbons (Fsp3) is 0.588. The van der Waals surface area contributed by atoms with Crippen LogP contribution < -0.4 is 0 Å². The highest BCUT2D eigenvalue weighted by Gasteiger charge is 2.15. The highest BCUT2D eigenvalue weighted by Crippen LogP contribution is 2.18. The van der Waals surface area contributed by atoms with Gasteiger partial charge in [-0.2, -0.15) is 0 Å². The van der Waals surface area contributed by atoms with E-state index in [0.29, 0.717) is 13.1 Å². The van der Waals surface area contributed by atoms with Crippen LogP contribution in [0, 0.1) is 0 Å². The predicted octanol–water partition coefficient (Wildman–Crippen LogP) is 2.69. The van der Waals surface area contributed by atoms with Gasteiger partial charge in [-0.1, -0.05) is 32.9 Å². The minimum absolute atomic E-state index is 0.363. The van der Waals surface area contributed by atoms with E-state index >= 15 is 0 Å². The number of aromatic nitrogens is 2. The minimum atomic E-state index is -0.363. The summed E-state index contributed by atoms with van der Waals surface area (Å²) in [5.74, 6) is 1.08. The number of benzene rings is 1. The molecule has 1 aromatic heterocycles. The van der Waals surface area contributed by atoms with Gasteiger partial charge in [-0.3, -0.25) is 0 Å². The van der Waals surface area contributed by atoms with Crippen LogP contribution in [0.4, 0.5) is 0 Å². The first-order valence-corrected chi connectivity index (χ1v) is 8.04. The number of fused-ring (bicyclic) bond motifs is 1. The standard InChI is InChI=1S/C17H27N3O/c1-4-9-17-18-15-10-7-8-11-16(15)20(17)13-14(21)12-19(5-2)6-3/h7-8,10-11,14,21H,4-6,9,12-13H2,1-3H3. The van der Waals surface area contributed by atoms with Crippen molar-refractivity contribution in [3.8, 4) is 0 Å². The van der Waals surface area contributed by atoms with Gasteiger partial charge < -0.3 is 14.6 Å². The molecule has 0 spiro atoms. The molecular weight excluding hydrogens is 262 g/mol. The van der Waals surface area contributed by atoms with Crippen LogP contribution in [0.3, 0.4) is 0 Å². The Morgan fingerprint density at radius 2 is 1.90 bits per heavy atom. The van der Waals surface area contributed by atoms with Crippen molar-refractivity contribution < 1.29 is 5.11 Å². The van der Waals surface area contributed by atoms with E-state index < -0.39 is 0 Å². The molecule has 2 aromatic rings. The number of hydrogen-bond donors (Lipinski definition) is 1. The zero-order chi connectivity index (χ0) is 15.2. The van der Waals surface area contributed by atoms with Crippen molar-refractivity contribution in [1.29, 1.82) is 0 Å². The zero-order valence-corrected chi connectivity index (χ0v) is 13.4. The lowest BCUT2D eigenvalue weighted by Gasteiger charge is -2.23. The number of aliphatic hydroxyl groups excluding tert-OH is 1. The Morgan fingerprint density at radius 3 is 2.57 bits per heavy atom. The molecule has 21 heavy (non-hydrogen) atoms. The molecule has 0 aliphatic rings. The summed E-state index contributed by atoms with van der Waals surface area (Å²) in [6.07, 6.45) is 1.65. The van der Waals surface area contributed by atoms with Gasteiger partial charge in [-0.05, 0) is 31.6 Å². The number of likely N-dealkylation sites (N-methyl/N-ethyl adjacent to an activating group) is 1. The Morgan fingerprint density at radius 1 is 1.19 bits per heavy atom. The van der Waals surface area contributed by atoms with Crippen LogP contribution in [-0.2, 0) is 13.0 Å². The third-order valence-corrected chi connectivity index (χ3v) is 3.96. The first kappa shape index (κ1) is 16.0. The normalized spacial score (nSPS) is 13.2. The maximum atomic E-state index is 10.4. The summed E-state index contributed by atoms with van der Waals surface area (Å²) in [6.45, 7) is 9.70. The summed E-state index contributed by atoms with van der Waals surface area (Å²) in [4.78, 5) is 6.97. The van der Waals surface area contributed by atoms with Crippen molar-refractivity contribution >= 4 is 11.0 Å². The Kier molecular flexibility index (Phi) is 5.76. The molecule has 0 saturated heterocycles. The van der Waals surface area contributed by atoms with Crippen LogP contribution in [0.2, 0.25) is 0 Å². The van der Waals surface area contributed by atoms with Crippen molar-refractivity contribution in [1.82, 2.24) is 14.5 Å². The highest BCUT2D eigenvalue weighted by atomic mass is 16.3. The van der Waals surface area contributed by atoms with Crippen molar-refractivity contribution in [2.75, 3.05) is 19.6 Å². The molecular formula is C17H27N3O. The summed E-state index contributed by atoms with van der Waals surface area (Å²) in [5, 5.41) is 10.4. The van der Waals surface area contributed by atoms with Gasteiger partial charge in [-0.15, -0.1) is 0 Å². The van der Waals surface area contributed by atoms with Crippen LogP contribution >= 0.6 is 0 Å². The lowest BCUT2D eigenvalue weighted by atomic mass is 10.2. The third kappa shape index (κ3) is 3.83. The van der Waals surface area contributed by atoms with Gasteiger partial charge in [0.2, 0.25) is 0 Å². The largest absolute Gasteiger partial charge is 0.390 e. The summed E-state index contributed by atoms with van der Waals surface area (Å²) < 4.78 is 2.19. The second-order valence-corrected chi connectivity index (χ2v) is 5.52. The van der Waals surface area contributed by atoms with E-state index in [9.17, 15) is 5.11 Å². The molecule has 1 aromatic carbocycles. The molecule has 0 bridgehead atoms. The van der Waals surface area contributed by atoms with E-state index in [1.54, 1.807) is 0 Å². The highest BCUT2D eigenvalue weighted by molar-refractivity contribution is 5.75. The maximum absolute atomic E-state index is 10.4. The van der Waals surface area contributed by atoms with Crippen LogP contribution in [0.5, 0.6) is 0 Å². The molecule has 0 aliphatic heterocycles. The van der Waals surface area contributed by atoms with Crippen LogP contribution in [0.15, 0.2) is 24.3 Å². The molecule has 116 valence electrons. The van der Waals surface area contributed by atoms with Gasteiger partial charge in [0.1, 0.15) is 5.82 Å². The van der Waals surface area contributed by atoms with Gasteiger partial charge in [-0.25, -0.2) is 4.98 Å². The van der Waals surface area contributed by atoms with Gasteiger partial charge in [0.15, 0.2) is 0 Å². The Bertz CT molecular complexity index is 560. The zero-order valence-electron chi connectivity index (χ0n) is 13.4. The van der Waals surface area contributed by atoms with Crippen molar-refractivity contribution in [3.05, 3.63) is 30.1 Å². The van der Waals surface area contributed by atoms with Gasteiger partial charge in [0, 0.05) is 13.0 Å². The summed E-state index contributed by atoms with van der Waals surface area (Å²) in [5.41, 5.74) is 2.15. The fourth-order valence-corrected chi connectivity index (χ4v) is 2.79. The molecule has 1 N–H and O–H groups in total. The second kappa shape index (κ2) is 7.57. The molecule has 0 radical (unpaired) electrons. The first-order valence-electron chi connectivity index (χ1n) is 8.04. The summed E-state index contributed by atoms with van der Waals surface area (Å²) in [6, 6.07) is 8.18. The quantitative estimate of drug-likeness (QED) is 0.812. The second-order valence-electron chi connectivity index (χ2n) is 5.52. The van der Waals surface area contributed by atoms with E-state index in [-0.39, 0.29) is 6.10 Å². The van der Waals surface area contributed by atoms with Crippen LogP contribution in [0.25, 0.3) is 11.0 Å². The van der Waals surface area contributed by atoms with Gasteiger partial charge in [0.05, 0.1) is 23.7 Å². The molecule has 1 unspecified atom stereocenters. The van der Waals surface area contributed by atoms with Gasteiger partial charge in [0.25, 0.3) is 0 Å². The van der Waals surface area contributed by atoms with E-state index in [2.05, 4.69) is 36.3 Å². The molecule has 0 fully saturated rings. The molecule has 4 nitrogen and oxygen atoms in total. The van der Waals surface area contributed by atoms with Crippen molar-refractivity contribution in [2.24, 2.45) is 0 Å². The molecule has 2 rings (SSSR count). The average molecular weight is 289 g/mol. The number of rotatable bonds is 8. The Labute approximate surface area is 127 Å². The molecule has 0 aliphatic carbocycles. The number of aryl methyl sites for hydroxylation is 1.